The van der Waals surface area contributed by atoms with Gasteiger partial charge in [0.2, 0.25) is 0 Å². The first-order chi connectivity index (χ1) is 13.0. The average molecular weight is 372 g/mol. The van der Waals surface area contributed by atoms with Crippen LogP contribution in [0, 0.1) is 5.82 Å². The fourth-order valence-electron chi connectivity index (χ4n) is 3.12. The van der Waals surface area contributed by atoms with Crippen molar-refractivity contribution in [2.45, 2.75) is 0 Å². The normalized spacial score (nSPS) is 14.7. The first-order valence-electron chi connectivity index (χ1n) is 8.87. The minimum atomic E-state index is -0.384. The summed E-state index contributed by atoms with van der Waals surface area (Å²) >= 11 is 0. The van der Waals surface area contributed by atoms with Crippen LogP contribution in [0.1, 0.15) is 10.4 Å². The van der Waals surface area contributed by atoms with E-state index in [1.807, 2.05) is 0 Å². The number of hydrogen-bond donors (Lipinski definition) is 2. The lowest BCUT2D eigenvalue weighted by Gasteiger charge is -2.32. The molecular formula is C20H23FN3O3+. The predicted molar refractivity (Wildman–Crippen MR) is 99.5 cm³/mol. The van der Waals surface area contributed by atoms with Crippen LogP contribution < -0.4 is 15.0 Å². The SMILES string of the molecule is COc1ccc(C(=O)N2CC[NH+](CC(=O)Nc3cccc(F)c3)CC2)cc1. The number of halogens is 1. The number of quaternary nitrogens is 1. The molecule has 0 aliphatic carbocycles. The smallest absolute Gasteiger partial charge is 0.279 e. The number of rotatable bonds is 5. The fourth-order valence-corrected chi connectivity index (χ4v) is 3.12. The van der Waals surface area contributed by atoms with Gasteiger partial charge in [-0.25, -0.2) is 4.39 Å². The molecule has 2 N–H and O–H groups in total. The first kappa shape index (κ1) is 18.8. The van der Waals surface area contributed by atoms with E-state index >= 15 is 0 Å². The molecule has 1 fully saturated rings. The third-order valence-corrected chi connectivity index (χ3v) is 4.61. The van der Waals surface area contributed by atoms with Crippen LogP contribution in [0.15, 0.2) is 48.5 Å². The van der Waals surface area contributed by atoms with Crippen LogP contribution in [0.2, 0.25) is 0 Å². The quantitative estimate of drug-likeness (QED) is 0.817. The maximum Gasteiger partial charge on any atom is 0.279 e. The van der Waals surface area contributed by atoms with Crippen molar-refractivity contribution < 1.29 is 23.6 Å². The molecule has 3 rings (SSSR count). The maximum absolute atomic E-state index is 13.2. The molecule has 1 saturated heterocycles. The van der Waals surface area contributed by atoms with Crippen LogP contribution in [-0.2, 0) is 4.79 Å². The van der Waals surface area contributed by atoms with E-state index < -0.39 is 0 Å². The summed E-state index contributed by atoms with van der Waals surface area (Å²) in [5.74, 6) is 0.155. The van der Waals surface area contributed by atoms with E-state index in [-0.39, 0.29) is 17.6 Å². The fraction of sp³-hybridized carbons (Fsp3) is 0.300. The van der Waals surface area contributed by atoms with Crippen molar-refractivity contribution in [3.8, 4) is 5.75 Å². The molecule has 6 nitrogen and oxygen atoms in total. The van der Waals surface area contributed by atoms with Crippen LogP contribution in [0.25, 0.3) is 0 Å². The summed E-state index contributed by atoms with van der Waals surface area (Å²) in [6.45, 7) is 2.86. The Morgan fingerprint density at radius 2 is 1.85 bits per heavy atom. The molecule has 2 aromatic carbocycles. The largest absolute Gasteiger partial charge is 0.497 e. The van der Waals surface area contributed by atoms with Gasteiger partial charge in [-0.3, -0.25) is 9.59 Å². The highest BCUT2D eigenvalue weighted by Gasteiger charge is 2.26. The minimum Gasteiger partial charge on any atom is -0.497 e. The second kappa shape index (κ2) is 8.64. The van der Waals surface area contributed by atoms with Gasteiger partial charge in [0.05, 0.1) is 33.3 Å². The standard InChI is InChI=1S/C20H22FN3O3/c1-27-18-7-5-15(6-8-18)20(26)24-11-9-23(10-12-24)14-19(25)22-17-4-2-3-16(21)13-17/h2-8,13H,9-12,14H2,1H3,(H,22,25)/p+1. The molecule has 27 heavy (non-hydrogen) atoms. The Hall–Kier alpha value is -2.93. The number of carbonyl (C=O) groups excluding carboxylic acids is 2. The molecule has 142 valence electrons. The van der Waals surface area contributed by atoms with E-state index in [1.165, 1.54) is 12.1 Å². The third-order valence-electron chi connectivity index (χ3n) is 4.61. The minimum absolute atomic E-state index is 0.0130. The number of nitrogens with zero attached hydrogens (tertiary/aromatic N) is 1. The molecule has 0 saturated carbocycles. The molecule has 0 bridgehead atoms. The van der Waals surface area contributed by atoms with E-state index in [0.29, 0.717) is 49.7 Å². The van der Waals surface area contributed by atoms with Crippen molar-refractivity contribution in [1.82, 2.24) is 4.90 Å². The molecule has 1 heterocycles. The number of carbonyl (C=O) groups is 2. The Labute approximate surface area is 157 Å². The van der Waals surface area contributed by atoms with Gasteiger partial charge in [0.25, 0.3) is 11.8 Å². The lowest BCUT2D eigenvalue weighted by molar-refractivity contribution is -0.895. The summed E-state index contributed by atoms with van der Waals surface area (Å²) in [5.41, 5.74) is 1.08. The Balaban J connectivity index is 1.48. The molecule has 0 spiro atoms. The van der Waals surface area contributed by atoms with E-state index in [2.05, 4.69) is 5.32 Å². The van der Waals surface area contributed by atoms with Gasteiger partial charge in [-0.1, -0.05) is 6.07 Å². The second-order valence-electron chi connectivity index (χ2n) is 6.51. The molecule has 0 aromatic heterocycles. The van der Waals surface area contributed by atoms with Crippen LogP contribution >= 0.6 is 0 Å². The van der Waals surface area contributed by atoms with Crippen LogP contribution in [0.3, 0.4) is 0 Å². The van der Waals surface area contributed by atoms with Crippen LogP contribution in [-0.4, -0.2) is 56.5 Å². The Bertz CT molecular complexity index is 802. The van der Waals surface area contributed by atoms with Gasteiger partial charge in [-0.2, -0.15) is 0 Å². The summed E-state index contributed by atoms with van der Waals surface area (Å²) in [7, 11) is 1.59. The number of amides is 2. The number of ether oxygens (including phenoxy) is 1. The number of methoxy groups -OCH3 is 1. The highest BCUT2D eigenvalue weighted by Crippen LogP contribution is 2.13. The molecule has 0 unspecified atom stereocenters. The average Bonchev–Trinajstić information content (AvgIpc) is 2.68. The van der Waals surface area contributed by atoms with Crippen molar-refractivity contribution in [3.05, 3.63) is 59.9 Å². The van der Waals surface area contributed by atoms with Crippen molar-refractivity contribution in [1.29, 1.82) is 0 Å². The van der Waals surface area contributed by atoms with Gasteiger partial charge in [0, 0.05) is 11.3 Å². The van der Waals surface area contributed by atoms with Gasteiger partial charge >= 0.3 is 0 Å². The zero-order chi connectivity index (χ0) is 19.2. The molecule has 1 aliphatic heterocycles. The van der Waals surface area contributed by atoms with Crippen molar-refractivity contribution in [2.24, 2.45) is 0 Å². The summed E-state index contributed by atoms with van der Waals surface area (Å²) in [6, 6.07) is 12.9. The Morgan fingerprint density at radius 3 is 2.48 bits per heavy atom. The number of piperazine rings is 1. The number of nitrogens with one attached hydrogen (secondary N) is 2. The topological polar surface area (TPSA) is 63.1 Å². The van der Waals surface area contributed by atoms with E-state index in [1.54, 1.807) is 48.4 Å². The highest BCUT2D eigenvalue weighted by atomic mass is 19.1. The summed E-state index contributed by atoms with van der Waals surface area (Å²) in [6.07, 6.45) is 0. The number of hydrogen-bond acceptors (Lipinski definition) is 3. The van der Waals surface area contributed by atoms with Crippen LogP contribution in [0.4, 0.5) is 10.1 Å². The monoisotopic (exact) mass is 372 g/mol. The van der Waals surface area contributed by atoms with Crippen molar-refractivity contribution >= 4 is 17.5 Å². The Morgan fingerprint density at radius 1 is 1.15 bits per heavy atom. The molecule has 2 aromatic rings. The lowest BCUT2D eigenvalue weighted by Crippen LogP contribution is -3.15. The van der Waals surface area contributed by atoms with Crippen molar-refractivity contribution in [3.63, 3.8) is 0 Å². The maximum atomic E-state index is 13.2. The first-order valence-corrected chi connectivity index (χ1v) is 8.87. The van der Waals surface area contributed by atoms with Gasteiger partial charge in [-0.05, 0) is 42.5 Å². The summed E-state index contributed by atoms with van der Waals surface area (Å²) < 4.78 is 18.3. The highest BCUT2D eigenvalue weighted by molar-refractivity contribution is 5.94. The van der Waals surface area contributed by atoms with E-state index in [0.717, 1.165) is 4.90 Å². The van der Waals surface area contributed by atoms with E-state index in [4.69, 9.17) is 4.74 Å². The molecular weight excluding hydrogens is 349 g/mol. The molecule has 0 atom stereocenters. The zero-order valence-corrected chi connectivity index (χ0v) is 15.2. The molecule has 7 heteroatoms. The molecule has 2 amide bonds. The van der Waals surface area contributed by atoms with Crippen molar-refractivity contribution in [2.75, 3.05) is 45.2 Å². The number of anilines is 1. The molecule has 1 aliphatic rings. The summed E-state index contributed by atoms with van der Waals surface area (Å²) in [4.78, 5) is 27.6. The van der Waals surface area contributed by atoms with Gasteiger partial charge in [-0.15, -0.1) is 0 Å². The third kappa shape index (κ3) is 5.04. The number of benzene rings is 2. The van der Waals surface area contributed by atoms with Gasteiger partial charge in [0.1, 0.15) is 11.6 Å². The second-order valence-corrected chi connectivity index (χ2v) is 6.51. The zero-order valence-electron chi connectivity index (χ0n) is 15.2. The van der Waals surface area contributed by atoms with Gasteiger partial charge in [0.15, 0.2) is 6.54 Å². The Kier molecular flexibility index (Phi) is 6.03. The molecule has 0 radical (unpaired) electrons. The van der Waals surface area contributed by atoms with Gasteiger partial charge < -0.3 is 19.9 Å². The van der Waals surface area contributed by atoms with Crippen LogP contribution in [0.5, 0.6) is 5.75 Å². The summed E-state index contributed by atoms with van der Waals surface area (Å²) in [5, 5.41) is 2.71. The van der Waals surface area contributed by atoms with E-state index in [9.17, 15) is 14.0 Å². The predicted octanol–water partition coefficient (Wildman–Crippen LogP) is 0.814. The lowest BCUT2D eigenvalue weighted by atomic mass is 10.1.